The van der Waals surface area contributed by atoms with Gasteiger partial charge in [0.1, 0.15) is 0 Å². The minimum absolute atomic E-state index is 0.118. The van der Waals surface area contributed by atoms with Crippen LogP contribution in [0.25, 0.3) is 0 Å². The molecule has 2 aliphatic carbocycles. The second-order valence-corrected chi connectivity index (χ2v) is 7.06. The van der Waals surface area contributed by atoms with Gasteiger partial charge in [0.15, 0.2) is 0 Å². The Hall–Kier alpha value is -0.860. The van der Waals surface area contributed by atoms with Crippen LogP contribution in [-0.4, -0.2) is 11.7 Å². The Morgan fingerprint density at radius 1 is 1.25 bits per heavy atom. The Morgan fingerprint density at radius 3 is 2.75 bits per heavy atom. The first kappa shape index (κ1) is 14.1. The fourth-order valence-electron chi connectivity index (χ4n) is 4.65. The lowest BCUT2D eigenvalue weighted by molar-refractivity contribution is -0.0936. The molecule has 1 aromatic carbocycles. The summed E-state index contributed by atoms with van der Waals surface area (Å²) in [5, 5.41) is 11.7. The first-order valence-corrected chi connectivity index (χ1v) is 8.12. The molecule has 0 aromatic heterocycles. The zero-order valence-electron chi connectivity index (χ0n) is 12.6. The van der Waals surface area contributed by atoms with E-state index >= 15 is 0 Å². The van der Waals surface area contributed by atoms with Gasteiger partial charge in [-0.2, -0.15) is 0 Å². The molecule has 0 radical (unpaired) electrons. The summed E-state index contributed by atoms with van der Waals surface area (Å²) in [6.45, 7) is 2.89. The van der Waals surface area contributed by atoms with Crippen LogP contribution in [0.2, 0.25) is 0 Å². The lowest BCUT2D eigenvalue weighted by Crippen LogP contribution is -2.49. The maximum atomic E-state index is 11.7. The Bertz CT molecular complexity index is 486. The highest BCUT2D eigenvalue weighted by Crippen LogP contribution is 2.56. The number of nitrogens with two attached hydrogens (primary N) is 1. The van der Waals surface area contributed by atoms with Crippen molar-refractivity contribution >= 4 is 0 Å². The van der Waals surface area contributed by atoms with Gasteiger partial charge in [-0.15, -0.1) is 0 Å². The topological polar surface area (TPSA) is 46.2 Å². The highest BCUT2D eigenvalue weighted by atomic mass is 16.3. The molecule has 0 spiro atoms. The van der Waals surface area contributed by atoms with E-state index in [0.29, 0.717) is 12.5 Å². The third kappa shape index (κ3) is 2.01. The number of fused-ring (bicyclic) bond motifs is 1. The van der Waals surface area contributed by atoms with Gasteiger partial charge in [0.05, 0.1) is 5.60 Å². The van der Waals surface area contributed by atoms with Crippen molar-refractivity contribution < 1.29 is 5.11 Å². The first-order valence-electron chi connectivity index (χ1n) is 8.12. The fourth-order valence-corrected chi connectivity index (χ4v) is 4.65. The monoisotopic (exact) mass is 273 g/mol. The number of aryl methyl sites for hydroxylation is 1. The maximum absolute atomic E-state index is 11.7. The Labute approximate surface area is 122 Å². The van der Waals surface area contributed by atoms with Crippen molar-refractivity contribution in [3.8, 4) is 0 Å². The maximum Gasteiger partial charge on any atom is 0.0967 e. The number of aliphatic hydroxyl groups is 1. The second-order valence-electron chi connectivity index (χ2n) is 7.06. The molecule has 3 N–H and O–H groups in total. The van der Waals surface area contributed by atoms with Crippen LogP contribution in [0.15, 0.2) is 24.3 Å². The predicted molar refractivity (Wildman–Crippen MR) is 82.4 cm³/mol. The van der Waals surface area contributed by atoms with Crippen molar-refractivity contribution in [1.29, 1.82) is 0 Å². The highest BCUT2D eigenvalue weighted by Gasteiger charge is 2.53. The van der Waals surface area contributed by atoms with Crippen LogP contribution in [0.3, 0.4) is 0 Å². The molecule has 2 heteroatoms. The van der Waals surface area contributed by atoms with E-state index < -0.39 is 5.60 Å². The summed E-state index contributed by atoms with van der Waals surface area (Å²) in [5.74, 6) is 0.679. The van der Waals surface area contributed by atoms with Gasteiger partial charge >= 0.3 is 0 Å². The van der Waals surface area contributed by atoms with E-state index in [1.54, 1.807) is 0 Å². The number of rotatable bonds is 2. The molecule has 0 amide bonds. The van der Waals surface area contributed by atoms with Crippen molar-refractivity contribution in [3.63, 3.8) is 0 Å². The lowest BCUT2D eigenvalue weighted by Gasteiger charge is -2.45. The summed E-state index contributed by atoms with van der Waals surface area (Å²) < 4.78 is 0. The molecule has 0 saturated heterocycles. The molecule has 0 bridgehead atoms. The second kappa shape index (κ2) is 5.16. The smallest absolute Gasteiger partial charge is 0.0967 e. The van der Waals surface area contributed by atoms with Crippen molar-refractivity contribution in [2.45, 2.75) is 57.5 Å². The zero-order valence-corrected chi connectivity index (χ0v) is 12.6. The van der Waals surface area contributed by atoms with Gasteiger partial charge in [0.25, 0.3) is 0 Å². The Morgan fingerprint density at radius 2 is 2.05 bits per heavy atom. The SMILES string of the molecule is CC1CCC(CN)(C2(O)CCCCc3ccccc32)C1. The molecule has 0 heterocycles. The largest absolute Gasteiger partial charge is 0.385 e. The van der Waals surface area contributed by atoms with E-state index in [9.17, 15) is 5.11 Å². The van der Waals surface area contributed by atoms with Crippen molar-refractivity contribution in [2.24, 2.45) is 17.1 Å². The van der Waals surface area contributed by atoms with Crippen LogP contribution >= 0.6 is 0 Å². The number of benzene rings is 1. The molecule has 2 aliphatic rings. The van der Waals surface area contributed by atoms with E-state index in [-0.39, 0.29) is 5.41 Å². The average Bonchev–Trinajstić information content (AvgIpc) is 2.78. The third-order valence-corrected chi connectivity index (χ3v) is 5.82. The molecule has 3 unspecified atom stereocenters. The number of hydrogen-bond acceptors (Lipinski definition) is 2. The summed E-state index contributed by atoms with van der Waals surface area (Å²) in [6, 6.07) is 8.49. The Balaban J connectivity index is 2.10. The van der Waals surface area contributed by atoms with Gasteiger partial charge in [-0.25, -0.2) is 0 Å². The summed E-state index contributed by atoms with van der Waals surface area (Å²) in [7, 11) is 0. The molecule has 20 heavy (non-hydrogen) atoms. The molecule has 3 atom stereocenters. The number of hydrogen-bond donors (Lipinski definition) is 2. The summed E-state index contributed by atoms with van der Waals surface area (Å²) in [6.07, 6.45) is 7.56. The molecular weight excluding hydrogens is 246 g/mol. The van der Waals surface area contributed by atoms with Crippen LogP contribution < -0.4 is 5.73 Å². The predicted octanol–water partition coefficient (Wildman–Crippen LogP) is 3.37. The molecule has 110 valence electrons. The average molecular weight is 273 g/mol. The van der Waals surface area contributed by atoms with Gasteiger partial charge in [-0.05, 0) is 62.0 Å². The van der Waals surface area contributed by atoms with Crippen LogP contribution in [0.5, 0.6) is 0 Å². The summed E-state index contributed by atoms with van der Waals surface area (Å²) in [4.78, 5) is 0. The molecule has 0 aliphatic heterocycles. The van der Waals surface area contributed by atoms with E-state index in [0.717, 1.165) is 37.7 Å². The lowest BCUT2D eigenvalue weighted by atomic mass is 9.64. The van der Waals surface area contributed by atoms with Gasteiger partial charge in [-0.3, -0.25) is 0 Å². The minimum atomic E-state index is -0.723. The van der Waals surface area contributed by atoms with Gasteiger partial charge in [0, 0.05) is 12.0 Å². The summed E-state index contributed by atoms with van der Waals surface area (Å²) in [5.41, 5.74) is 7.85. The Kier molecular flexibility index (Phi) is 3.64. The quantitative estimate of drug-likeness (QED) is 0.812. The van der Waals surface area contributed by atoms with Gasteiger partial charge in [-0.1, -0.05) is 31.2 Å². The standard InChI is InChI=1S/C18H27NO/c1-14-9-11-17(12-14,13-19)18(20)10-5-4-7-15-6-2-3-8-16(15)18/h2-3,6,8,14,20H,4-5,7,9-13,19H2,1H3. The van der Waals surface area contributed by atoms with E-state index in [4.69, 9.17) is 5.73 Å². The molecular formula is C18H27NO. The first-order chi connectivity index (χ1) is 9.61. The molecule has 1 fully saturated rings. The molecule has 1 aromatic rings. The van der Waals surface area contributed by atoms with Crippen LogP contribution in [-0.2, 0) is 12.0 Å². The van der Waals surface area contributed by atoms with Crippen molar-refractivity contribution in [2.75, 3.05) is 6.54 Å². The highest BCUT2D eigenvalue weighted by molar-refractivity contribution is 5.36. The molecule has 2 nitrogen and oxygen atoms in total. The zero-order chi connectivity index (χ0) is 14.2. The fraction of sp³-hybridized carbons (Fsp3) is 0.667. The normalized spacial score (nSPS) is 37.5. The van der Waals surface area contributed by atoms with Crippen LogP contribution in [0.4, 0.5) is 0 Å². The summed E-state index contributed by atoms with van der Waals surface area (Å²) >= 11 is 0. The minimum Gasteiger partial charge on any atom is -0.385 e. The van der Waals surface area contributed by atoms with Gasteiger partial charge in [0.2, 0.25) is 0 Å². The third-order valence-electron chi connectivity index (χ3n) is 5.82. The van der Waals surface area contributed by atoms with E-state index in [2.05, 4.69) is 31.2 Å². The van der Waals surface area contributed by atoms with E-state index in [1.165, 1.54) is 18.4 Å². The van der Waals surface area contributed by atoms with Gasteiger partial charge < -0.3 is 10.8 Å². The van der Waals surface area contributed by atoms with Crippen molar-refractivity contribution in [3.05, 3.63) is 35.4 Å². The van der Waals surface area contributed by atoms with Crippen LogP contribution in [0.1, 0.15) is 56.6 Å². The molecule has 1 saturated carbocycles. The van der Waals surface area contributed by atoms with Crippen molar-refractivity contribution in [1.82, 2.24) is 0 Å². The molecule has 3 rings (SSSR count). The van der Waals surface area contributed by atoms with Crippen LogP contribution in [0, 0.1) is 11.3 Å². The van der Waals surface area contributed by atoms with E-state index in [1.807, 2.05) is 0 Å².